The molecule has 1 aliphatic heterocycles. The third kappa shape index (κ3) is 2.60. The Labute approximate surface area is 96.8 Å². The van der Waals surface area contributed by atoms with E-state index in [4.69, 9.17) is 0 Å². The summed E-state index contributed by atoms with van der Waals surface area (Å²) < 4.78 is 52.0. The summed E-state index contributed by atoms with van der Waals surface area (Å²) in [5.74, 6) is -0.658. The van der Waals surface area contributed by atoms with Crippen LogP contribution in [-0.4, -0.2) is 19.3 Å². The Bertz CT molecular complexity index is 388. The third-order valence-corrected chi connectivity index (χ3v) is 3.07. The van der Waals surface area contributed by atoms with Gasteiger partial charge in [-0.3, -0.25) is 0 Å². The zero-order chi connectivity index (χ0) is 12.5. The molecular weight excluding hydrogens is 234 g/mol. The molecule has 0 bridgehead atoms. The highest BCUT2D eigenvalue weighted by Gasteiger charge is 2.37. The molecule has 1 nitrogen and oxygen atoms in total. The maximum absolute atomic E-state index is 13.7. The van der Waals surface area contributed by atoms with E-state index >= 15 is 0 Å². The first-order valence-corrected chi connectivity index (χ1v) is 5.51. The van der Waals surface area contributed by atoms with Gasteiger partial charge in [-0.25, -0.2) is 4.39 Å². The SMILES string of the molecule is FC1CNCCC1c1ccccc1C(F)(F)F. The highest BCUT2D eigenvalue weighted by atomic mass is 19.4. The van der Waals surface area contributed by atoms with Gasteiger partial charge in [0.05, 0.1) is 5.56 Å². The molecule has 2 atom stereocenters. The van der Waals surface area contributed by atoms with Crippen LogP contribution in [0.25, 0.3) is 0 Å². The number of rotatable bonds is 1. The fraction of sp³-hybridized carbons (Fsp3) is 0.500. The largest absolute Gasteiger partial charge is 0.416 e. The summed E-state index contributed by atoms with van der Waals surface area (Å²) in [4.78, 5) is 0. The van der Waals surface area contributed by atoms with Gasteiger partial charge >= 0.3 is 6.18 Å². The molecule has 1 fully saturated rings. The van der Waals surface area contributed by atoms with Crippen molar-refractivity contribution >= 4 is 0 Å². The number of benzene rings is 1. The van der Waals surface area contributed by atoms with Crippen LogP contribution in [0.15, 0.2) is 24.3 Å². The van der Waals surface area contributed by atoms with Crippen LogP contribution in [-0.2, 0) is 6.18 Å². The maximum Gasteiger partial charge on any atom is 0.416 e. The predicted molar refractivity (Wildman–Crippen MR) is 56.6 cm³/mol. The second-order valence-electron chi connectivity index (χ2n) is 4.20. The zero-order valence-corrected chi connectivity index (χ0v) is 9.10. The average molecular weight is 247 g/mol. The molecule has 17 heavy (non-hydrogen) atoms. The van der Waals surface area contributed by atoms with Crippen molar-refractivity contribution < 1.29 is 17.6 Å². The Kier molecular flexibility index (Phi) is 3.38. The van der Waals surface area contributed by atoms with Gasteiger partial charge in [0, 0.05) is 12.5 Å². The van der Waals surface area contributed by atoms with E-state index in [2.05, 4.69) is 5.32 Å². The lowest BCUT2D eigenvalue weighted by Crippen LogP contribution is -2.37. The number of piperidine rings is 1. The van der Waals surface area contributed by atoms with Crippen molar-refractivity contribution in [3.63, 3.8) is 0 Å². The normalized spacial score (nSPS) is 25.9. The van der Waals surface area contributed by atoms with Crippen molar-refractivity contribution in [3.05, 3.63) is 35.4 Å². The Balaban J connectivity index is 2.37. The number of alkyl halides is 4. The van der Waals surface area contributed by atoms with Gasteiger partial charge in [-0.2, -0.15) is 13.2 Å². The minimum atomic E-state index is -4.42. The molecule has 1 aromatic rings. The fourth-order valence-electron chi connectivity index (χ4n) is 2.25. The predicted octanol–water partition coefficient (Wildman–Crippen LogP) is 3.12. The minimum Gasteiger partial charge on any atom is -0.314 e. The van der Waals surface area contributed by atoms with Crippen LogP contribution in [0.3, 0.4) is 0 Å². The topological polar surface area (TPSA) is 12.0 Å². The van der Waals surface area contributed by atoms with Gasteiger partial charge in [0.1, 0.15) is 6.17 Å². The van der Waals surface area contributed by atoms with Crippen molar-refractivity contribution in [1.82, 2.24) is 5.32 Å². The molecule has 5 heteroatoms. The Hall–Kier alpha value is -1.10. The Morgan fingerprint density at radius 3 is 2.53 bits per heavy atom. The van der Waals surface area contributed by atoms with Crippen LogP contribution in [0.1, 0.15) is 23.5 Å². The molecule has 2 unspecified atom stereocenters. The van der Waals surface area contributed by atoms with Crippen LogP contribution in [0.5, 0.6) is 0 Å². The van der Waals surface area contributed by atoms with E-state index in [0.29, 0.717) is 13.0 Å². The smallest absolute Gasteiger partial charge is 0.314 e. The molecule has 0 aromatic heterocycles. The number of nitrogens with one attached hydrogen (secondary N) is 1. The summed E-state index contributed by atoms with van der Waals surface area (Å²) in [6.45, 7) is 0.675. The summed E-state index contributed by atoms with van der Waals surface area (Å²) in [5.41, 5.74) is -0.636. The molecule has 0 aliphatic carbocycles. The second kappa shape index (κ2) is 4.64. The highest BCUT2D eigenvalue weighted by Crippen LogP contribution is 2.38. The lowest BCUT2D eigenvalue weighted by atomic mass is 9.85. The molecular formula is C12H13F4N. The molecule has 1 heterocycles. The fourth-order valence-corrected chi connectivity index (χ4v) is 2.25. The van der Waals surface area contributed by atoms with Gasteiger partial charge in [-0.1, -0.05) is 18.2 Å². The lowest BCUT2D eigenvalue weighted by Gasteiger charge is -2.29. The molecule has 0 radical (unpaired) electrons. The van der Waals surface area contributed by atoms with Gasteiger partial charge in [0.15, 0.2) is 0 Å². The molecule has 1 aliphatic rings. The van der Waals surface area contributed by atoms with E-state index in [1.54, 1.807) is 0 Å². The van der Waals surface area contributed by atoms with E-state index in [0.717, 1.165) is 6.07 Å². The molecule has 0 spiro atoms. The quantitative estimate of drug-likeness (QED) is 0.752. The molecule has 94 valence electrons. The van der Waals surface area contributed by atoms with Crippen molar-refractivity contribution in [2.24, 2.45) is 0 Å². The average Bonchev–Trinajstić information content (AvgIpc) is 2.28. The first kappa shape index (κ1) is 12.4. The molecule has 1 aromatic carbocycles. The van der Waals surface area contributed by atoms with E-state index in [9.17, 15) is 17.6 Å². The summed E-state index contributed by atoms with van der Waals surface area (Å²) >= 11 is 0. The van der Waals surface area contributed by atoms with Crippen LogP contribution < -0.4 is 5.32 Å². The van der Waals surface area contributed by atoms with Crippen molar-refractivity contribution in [3.8, 4) is 0 Å². The second-order valence-corrected chi connectivity index (χ2v) is 4.20. The maximum atomic E-state index is 13.7. The molecule has 1 saturated heterocycles. The van der Waals surface area contributed by atoms with Crippen molar-refractivity contribution in [2.45, 2.75) is 24.7 Å². The zero-order valence-electron chi connectivity index (χ0n) is 9.10. The van der Waals surface area contributed by atoms with Crippen LogP contribution in [0.4, 0.5) is 17.6 Å². The molecule has 1 N–H and O–H groups in total. The highest BCUT2D eigenvalue weighted by molar-refractivity contribution is 5.34. The summed E-state index contributed by atoms with van der Waals surface area (Å²) in [6, 6.07) is 5.26. The Morgan fingerprint density at radius 2 is 1.88 bits per heavy atom. The van der Waals surface area contributed by atoms with Gasteiger partial charge in [-0.15, -0.1) is 0 Å². The van der Waals surface area contributed by atoms with Crippen LogP contribution in [0, 0.1) is 0 Å². The van der Waals surface area contributed by atoms with Crippen LogP contribution in [0.2, 0.25) is 0 Å². The van der Waals surface area contributed by atoms with E-state index in [1.165, 1.54) is 18.2 Å². The summed E-state index contributed by atoms with van der Waals surface area (Å²) in [6.07, 6.45) is -5.28. The first-order valence-electron chi connectivity index (χ1n) is 5.51. The molecule has 2 rings (SSSR count). The summed E-state index contributed by atoms with van der Waals surface area (Å²) in [7, 11) is 0. The van der Waals surface area contributed by atoms with Crippen molar-refractivity contribution in [1.29, 1.82) is 0 Å². The van der Waals surface area contributed by atoms with E-state index in [1.807, 2.05) is 0 Å². The monoisotopic (exact) mass is 247 g/mol. The number of hydrogen-bond acceptors (Lipinski definition) is 1. The van der Waals surface area contributed by atoms with Crippen molar-refractivity contribution in [2.75, 3.05) is 13.1 Å². The lowest BCUT2D eigenvalue weighted by molar-refractivity contribution is -0.138. The standard InChI is InChI=1S/C12H13F4N/c13-11-7-17-6-5-9(11)8-3-1-2-4-10(8)12(14,15)16/h1-4,9,11,17H,5-7H2. The van der Waals surface area contributed by atoms with Gasteiger partial charge in [0.2, 0.25) is 0 Å². The molecule has 0 saturated carbocycles. The van der Waals surface area contributed by atoms with Gasteiger partial charge in [-0.05, 0) is 24.6 Å². The Morgan fingerprint density at radius 1 is 1.18 bits per heavy atom. The number of halogens is 4. The minimum absolute atomic E-state index is 0.0778. The van der Waals surface area contributed by atoms with Gasteiger partial charge in [0.25, 0.3) is 0 Å². The first-order chi connectivity index (χ1) is 8.00. The molecule has 0 amide bonds. The van der Waals surface area contributed by atoms with Gasteiger partial charge < -0.3 is 5.32 Å². The van der Waals surface area contributed by atoms with E-state index in [-0.39, 0.29) is 12.1 Å². The third-order valence-electron chi connectivity index (χ3n) is 3.07. The summed E-state index contributed by atoms with van der Waals surface area (Å²) in [5, 5.41) is 2.84. The van der Waals surface area contributed by atoms with Crippen LogP contribution >= 0.6 is 0 Å². The number of hydrogen-bond donors (Lipinski definition) is 1. The van der Waals surface area contributed by atoms with E-state index < -0.39 is 23.8 Å².